The van der Waals surface area contributed by atoms with Crippen molar-refractivity contribution in [3.63, 3.8) is 0 Å². The van der Waals surface area contributed by atoms with Gasteiger partial charge in [0.25, 0.3) is 0 Å². The summed E-state index contributed by atoms with van der Waals surface area (Å²) in [5.41, 5.74) is 2.07. The van der Waals surface area contributed by atoms with E-state index >= 15 is 0 Å². The fourth-order valence-electron chi connectivity index (χ4n) is 3.58. The molecule has 1 N–H and O–H groups in total. The van der Waals surface area contributed by atoms with E-state index in [0.717, 1.165) is 28.3 Å². The molecule has 0 amide bonds. The molecule has 0 aromatic heterocycles. The number of nitrogens with zero attached hydrogens (tertiary/aromatic N) is 1. The van der Waals surface area contributed by atoms with Crippen LogP contribution in [0.3, 0.4) is 0 Å². The summed E-state index contributed by atoms with van der Waals surface area (Å²) in [4.78, 5) is 4.94. The molecule has 0 fully saturated rings. The van der Waals surface area contributed by atoms with Gasteiger partial charge in [0.2, 0.25) is 0 Å². The van der Waals surface area contributed by atoms with E-state index in [0.29, 0.717) is 6.42 Å². The Morgan fingerprint density at radius 2 is 1.33 bits per heavy atom. The lowest BCUT2D eigenvalue weighted by Gasteiger charge is -2.29. The van der Waals surface area contributed by atoms with Gasteiger partial charge in [0.05, 0.1) is 11.1 Å². The van der Waals surface area contributed by atoms with Gasteiger partial charge in [-0.2, -0.15) is 0 Å². The standard InChI is InChI=1S/C24H23NOS/c26-24(20-12-6-2-7-13-20,21-14-8-3-9-15-21)17-23-25-22(18-27-23)16-19-10-4-1-5-11-19/h1-15,22,26H,16-18H2/t22-/m1/s1. The van der Waals surface area contributed by atoms with Crippen LogP contribution >= 0.6 is 11.8 Å². The van der Waals surface area contributed by atoms with Crippen molar-refractivity contribution in [3.05, 3.63) is 108 Å². The second kappa shape index (κ2) is 8.12. The van der Waals surface area contributed by atoms with Crippen molar-refractivity contribution in [1.82, 2.24) is 0 Å². The van der Waals surface area contributed by atoms with E-state index in [4.69, 9.17) is 4.99 Å². The Morgan fingerprint density at radius 1 is 0.815 bits per heavy atom. The van der Waals surface area contributed by atoms with Crippen molar-refractivity contribution in [2.75, 3.05) is 5.75 Å². The first kappa shape index (κ1) is 18.0. The lowest BCUT2D eigenvalue weighted by Crippen LogP contribution is -2.29. The van der Waals surface area contributed by atoms with E-state index in [1.807, 2.05) is 66.7 Å². The zero-order chi connectivity index (χ0) is 18.5. The molecule has 0 bridgehead atoms. The molecule has 3 aromatic carbocycles. The molecule has 0 unspecified atom stereocenters. The van der Waals surface area contributed by atoms with Crippen molar-refractivity contribution in [3.8, 4) is 0 Å². The van der Waals surface area contributed by atoms with Crippen molar-refractivity contribution in [2.45, 2.75) is 24.5 Å². The summed E-state index contributed by atoms with van der Waals surface area (Å²) < 4.78 is 0. The van der Waals surface area contributed by atoms with Gasteiger partial charge in [0.15, 0.2) is 0 Å². The molecule has 27 heavy (non-hydrogen) atoms. The highest BCUT2D eigenvalue weighted by molar-refractivity contribution is 8.14. The smallest absolute Gasteiger partial charge is 0.121 e. The van der Waals surface area contributed by atoms with Crippen molar-refractivity contribution in [1.29, 1.82) is 0 Å². The van der Waals surface area contributed by atoms with E-state index in [9.17, 15) is 5.11 Å². The molecule has 0 radical (unpaired) electrons. The predicted octanol–water partition coefficient (Wildman–Crippen LogP) is 5.07. The van der Waals surface area contributed by atoms with Gasteiger partial charge < -0.3 is 5.11 Å². The van der Waals surface area contributed by atoms with E-state index in [1.54, 1.807) is 11.8 Å². The third-order valence-electron chi connectivity index (χ3n) is 4.99. The molecule has 1 aliphatic heterocycles. The molecule has 1 atom stereocenters. The SMILES string of the molecule is OC(CC1=N[C@H](Cc2ccccc2)CS1)(c1ccccc1)c1ccccc1. The molecule has 0 saturated heterocycles. The fraction of sp³-hybridized carbons (Fsp3) is 0.208. The zero-order valence-corrected chi connectivity index (χ0v) is 16.0. The fourth-order valence-corrected chi connectivity index (χ4v) is 4.69. The van der Waals surface area contributed by atoms with Crippen molar-refractivity contribution < 1.29 is 5.11 Å². The van der Waals surface area contributed by atoms with Gasteiger partial charge in [-0.1, -0.05) is 91.0 Å². The van der Waals surface area contributed by atoms with Crippen LogP contribution in [0.25, 0.3) is 0 Å². The maximum Gasteiger partial charge on any atom is 0.121 e. The van der Waals surface area contributed by atoms with Crippen molar-refractivity contribution >= 4 is 16.8 Å². The second-order valence-electron chi connectivity index (χ2n) is 6.95. The Bertz CT molecular complexity index is 854. The molecule has 4 rings (SSSR count). The van der Waals surface area contributed by atoms with Crippen LogP contribution in [-0.2, 0) is 12.0 Å². The van der Waals surface area contributed by atoms with E-state index in [2.05, 4.69) is 24.3 Å². The first-order valence-corrected chi connectivity index (χ1v) is 10.3. The first-order valence-electron chi connectivity index (χ1n) is 9.31. The lowest BCUT2D eigenvalue weighted by molar-refractivity contribution is 0.0896. The normalized spacial score (nSPS) is 16.9. The van der Waals surface area contributed by atoms with Crippen LogP contribution in [0.2, 0.25) is 0 Å². The summed E-state index contributed by atoms with van der Waals surface area (Å²) in [5.74, 6) is 0.976. The number of aliphatic hydroxyl groups is 1. The van der Waals surface area contributed by atoms with Gasteiger partial charge in [-0.3, -0.25) is 4.99 Å². The number of aliphatic imine (C=N–C) groups is 1. The van der Waals surface area contributed by atoms with Gasteiger partial charge in [-0.25, -0.2) is 0 Å². The molecule has 136 valence electrons. The summed E-state index contributed by atoms with van der Waals surface area (Å²) in [6, 6.07) is 30.6. The molecular weight excluding hydrogens is 350 g/mol. The van der Waals surface area contributed by atoms with Crippen LogP contribution in [0.1, 0.15) is 23.1 Å². The molecule has 1 aliphatic rings. The Kier molecular flexibility index (Phi) is 5.42. The molecule has 0 saturated carbocycles. The van der Waals surface area contributed by atoms with Crippen LogP contribution in [0.5, 0.6) is 0 Å². The van der Waals surface area contributed by atoms with Crippen LogP contribution < -0.4 is 0 Å². The number of hydrogen-bond acceptors (Lipinski definition) is 3. The van der Waals surface area contributed by atoms with E-state index in [1.165, 1.54) is 5.56 Å². The highest BCUT2D eigenvalue weighted by Gasteiger charge is 2.35. The van der Waals surface area contributed by atoms with Crippen molar-refractivity contribution in [2.24, 2.45) is 4.99 Å². The molecule has 1 heterocycles. The Hall–Kier alpha value is -2.36. The van der Waals surface area contributed by atoms with Gasteiger partial charge in [0.1, 0.15) is 5.60 Å². The largest absolute Gasteiger partial charge is 0.380 e. The highest BCUT2D eigenvalue weighted by Crippen LogP contribution is 2.37. The number of thioether (sulfide) groups is 1. The van der Waals surface area contributed by atoms with Gasteiger partial charge >= 0.3 is 0 Å². The minimum atomic E-state index is -1.06. The summed E-state index contributed by atoms with van der Waals surface area (Å²) >= 11 is 1.78. The minimum absolute atomic E-state index is 0.281. The minimum Gasteiger partial charge on any atom is -0.380 e. The van der Waals surface area contributed by atoms with Gasteiger partial charge in [-0.15, -0.1) is 11.8 Å². The van der Waals surface area contributed by atoms with Crippen LogP contribution in [0.15, 0.2) is 96.0 Å². The average Bonchev–Trinajstić information content (AvgIpc) is 3.16. The average molecular weight is 374 g/mol. The monoisotopic (exact) mass is 373 g/mol. The highest BCUT2D eigenvalue weighted by atomic mass is 32.2. The number of benzene rings is 3. The molecule has 0 aliphatic carbocycles. The summed E-state index contributed by atoms with van der Waals surface area (Å²) in [6.45, 7) is 0. The molecule has 0 spiro atoms. The quantitative estimate of drug-likeness (QED) is 0.654. The second-order valence-corrected chi connectivity index (χ2v) is 8.04. The molecule has 2 nitrogen and oxygen atoms in total. The summed E-state index contributed by atoms with van der Waals surface area (Å²) in [6.07, 6.45) is 1.46. The lowest BCUT2D eigenvalue weighted by atomic mass is 9.84. The molecular formula is C24H23NOS. The maximum absolute atomic E-state index is 11.7. The zero-order valence-electron chi connectivity index (χ0n) is 15.2. The Labute approximate surface area is 165 Å². The third-order valence-corrected chi connectivity index (χ3v) is 6.13. The van der Waals surface area contributed by atoms with Gasteiger partial charge in [-0.05, 0) is 23.1 Å². The van der Waals surface area contributed by atoms with E-state index < -0.39 is 5.60 Å². The van der Waals surface area contributed by atoms with Gasteiger partial charge in [0, 0.05) is 12.2 Å². The molecule has 3 heteroatoms. The van der Waals surface area contributed by atoms with E-state index in [-0.39, 0.29) is 6.04 Å². The predicted molar refractivity (Wildman–Crippen MR) is 114 cm³/mol. The van der Waals surface area contributed by atoms with Crippen LogP contribution in [-0.4, -0.2) is 21.9 Å². The molecule has 3 aromatic rings. The number of rotatable bonds is 6. The van der Waals surface area contributed by atoms with Crippen LogP contribution in [0, 0.1) is 0 Å². The topological polar surface area (TPSA) is 32.6 Å². The Balaban J connectivity index is 1.58. The number of hydrogen-bond donors (Lipinski definition) is 1. The first-order chi connectivity index (χ1) is 13.2. The third kappa shape index (κ3) is 4.15. The van der Waals surface area contributed by atoms with Crippen LogP contribution in [0.4, 0.5) is 0 Å². The summed E-state index contributed by atoms with van der Waals surface area (Å²) in [7, 11) is 0. The maximum atomic E-state index is 11.7. The summed E-state index contributed by atoms with van der Waals surface area (Å²) in [5, 5.41) is 12.7. The Morgan fingerprint density at radius 3 is 1.89 bits per heavy atom.